The molecule has 0 aromatic rings. The summed E-state index contributed by atoms with van der Waals surface area (Å²) in [4.78, 5) is 0. The van der Waals surface area contributed by atoms with E-state index < -0.39 is 0 Å². The normalized spacial score (nSPS) is 11.5. The Morgan fingerprint density at radius 2 is 2.15 bits per heavy atom. The van der Waals surface area contributed by atoms with Crippen molar-refractivity contribution in [2.45, 2.75) is 19.3 Å². The molecule has 0 spiro atoms. The van der Waals surface area contributed by atoms with Gasteiger partial charge in [0.1, 0.15) is 0 Å². The molecule has 0 heterocycles. The molecule has 0 aromatic carbocycles. The van der Waals surface area contributed by atoms with Crippen LogP contribution in [0, 0.1) is 5.41 Å². The minimum atomic E-state index is 0.410. The van der Waals surface area contributed by atoms with Gasteiger partial charge in [-0.05, 0) is 54.9 Å². The third-order valence-electron chi connectivity index (χ3n) is 1.54. The molecule has 0 rings (SSSR count). The number of hydrogen-bond acceptors (Lipinski definition) is 2. The summed E-state index contributed by atoms with van der Waals surface area (Å²) in [6.45, 7) is 1.09. The molecule has 0 fully saturated rings. The Hall–Kier alpha value is -0.410. The van der Waals surface area contributed by atoms with E-state index in [4.69, 9.17) is 5.41 Å². The first-order valence-corrected chi connectivity index (χ1v) is 5.28. The summed E-state index contributed by atoms with van der Waals surface area (Å²) in [6, 6.07) is 0. The fraction of sp³-hybridized carbons (Fsp3) is 0.500. The van der Waals surface area contributed by atoms with E-state index in [2.05, 4.69) is 27.3 Å². The van der Waals surface area contributed by atoms with Crippen LogP contribution in [0.5, 0.6) is 0 Å². The van der Waals surface area contributed by atoms with Crippen LogP contribution in [0.25, 0.3) is 0 Å². The van der Waals surface area contributed by atoms with Crippen molar-refractivity contribution < 1.29 is 0 Å². The molecule has 0 aliphatic rings. The van der Waals surface area contributed by atoms with Crippen molar-refractivity contribution in [3.63, 3.8) is 0 Å². The molecule has 0 aromatic heterocycles. The lowest BCUT2D eigenvalue weighted by Crippen LogP contribution is -2.06. The van der Waals surface area contributed by atoms with E-state index in [0.29, 0.717) is 4.62 Å². The van der Waals surface area contributed by atoms with Gasteiger partial charge in [-0.1, -0.05) is 18.2 Å². The van der Waals surface area contributed by atoms with Crippen LogP contribution in [0.15, 0.2) is 24.3 Å². The van der Waals surface area contributed by atoms with E-state index in [9.17, 15) is 0 Å². The molecule has 0 saturated heterocycles. The Morgan fingerprint density at radius 3 is 2.77 bits per heavy atom. The second-order valence-corrected chi connectivity index (χ2v) is 3.59. The molecule has 2 nitrogen and oxygen atoms in total. The molecule has 0 aliphatic heterocycles. The first kappa shape index (κ1) is 12.6. The summed E-state index contributed by atoms with van der Waals surface area (Å²) in [5.74, 6) is 0. The Kier molecular flexibility index (Phi) is 9.37. The number of allylic oxidation sites excluding steroid dienone is 4. The zero-order valence-electron chi connectivity index (χ0n) is 8.02. The second kappa shape index (κ2) is 9.68. The Bertz CT molecular complexity index is 185. The molecule has 0 saturated carbocycles. The zero-order chi connectivity index (χ0) is 9.94. The summed E-state index contributed by atoms with van der Waals surface area (Å²) >= 11 is 3.03. The van der Waals surface area contributed by atoms with Crippen LogP contribution >= 0.6 is 15.9 Å². The van der Waals surface area contributed by atoms with Gasteiger partial charge in [0.25, 0.3) is 0 Å². The lowest BCUT2D eigenvalue weighted by molar-refractivity contribution is 0.684. The van der Waals surface area contributed by atoms with Gasteiger partial charge in [0, 0.05) is 0 Å². The molecule has 0 atom stereocenters. The molecule has 74 valence electrons. The van der Waals surface area contributed by atoms with Crippen LogP contribution in [0.2, 0.25) is 0 Å². The Balaban J connectivity index is 3.26. The summed E-state index contributed by atoms with van der Waals surface area (Å²) in [6.07, 6.45) is 11.2. The zero-order valence-corrected chi connectivity index (χ0v) is 9.60. The van der Waals surface area contributed by atoms with Crippen molar-refractivity contribution in [1.82, 2.24) is 5.32 Å². The first-order chi connectivity index (χ1) is 6.27. The van der Waals surface area contributed by atoms with Crippen molar-refractivity contribution in [1.29, 1.82) is 5.41 Å². The van der Waals surface area contributed by atoms with Crippen LogP contribution < -0.4 is 5.32 Å². The Labute approximate surface area is 88.7 Å². The standard InChI is InChI=1S/C10H17BrN2/c1-13-9-7-5-3-2-4-6-8-10(11)12/h2,4,6,8,12-13H,3,5,7,9H2,1H3/b4-2+,8-6-,12-10?. The van der Waals surface area contributed by atoms with Crippen molar-refractivity contribution >= 4 is 20.6 Å². The average Bonchev–Trinajstić information content (AvgIpc) is 2.09. The van der Waals surface area contributed by atoms with Gasteiger partial charge >= 0.3 is 0 Å². The van der Waals surface area contributed by atoms with E-state index in [1.807, 2.05) is 19.2 Å². The van der Waals surface area contributed by atoms with E-state index in [-0.39, 0.29) is 0 Å². The van der Waals surface area contributed by atoms with Gasteiger partial charge in [-0.2, -0.15) is 0 Å². The SMILES string of the molecule is CNCCCC/C=C/C=C\C(=N)Br. The van der Waals surface area contributed by atoms with Crippen LogP contribution in [0.3, 0.4) is 0 Å². The number of unbranched alkanes of at least 4 members (excludes halogenated alkanes) is 2. The molecule has 0 unspecified atom stereocenters. The fourth-order valence-corrected chi connectivity index (χ4v) is 1.03. The molecular weight excluding hydrogens is 228 g/mol. The average molecular weight is 245 g/mol. The summed E-state index contributed by atoms with van der Waals surface area (Å²) in [5.41, 5.74) is 0. The largest absolute Gasteiger partial charge is 0.320 e. The summed E-state index contributed by atoms with van der Waals surface area (Å²) in [7, 11) is 1.97. The lowest BCUT2D eigenvalue weighted by Gasteiger charge is -1.94. The van der Waals surface area contributed by atoms with Crippen molar-refractivity contribution in [3.8, 4) is 0 Å². The van der Waals surface area contributed by atoms with Gasteiger partial charge in [0.05, 0.1) is 4.62 Å². The molecule has 2 N–H and O–H groups in total. The molecule has 0 amide bonds. The van der Waals surface area contributed by atoms with E-state index in [1.165, 1.54) is 12.8 Å². The third kappa shape index (κ3) is 11.6. The van der Waals surface area contributed by atoms with Crippen molar-refractivity contribution in [2.75, 3.05) is 13.6 Å². The highest BCUT2D eigenvalue weighted by Crippen LogP contribution is 1.96. The Morgan fingerprint density at radius 1 is 1.38 bits per heavy atom. The fourth-order valence-electron chi connectivity index (χ4n) is 0.879. The quantitative estimate of drug-likeness (QED) is 0.404. The smallest absolute Gasteiger partial charge is 0.0966 e. The number of nitrogens with one attached hydrogen (secondary N) is 2. The highest BCUT2D eigenvalue weighted by molar-refractivity contribution is 9.18. The van der Waals surface area contributed by atoms with Gasteiger partial charge < -0.3 is 5.32 Å². The predicted octanol–water partition coefficient (Wildman–Crippen LogP) is 2.86. The second-order valence-electron chi connectivity index (χ2n) is 2.73. The van der Waals surface area contributed by atoms with Gasteiger partial charge in [0.2, 0.25) is 0 Å². The van der Waals surface area contributed by atoms with Crippen molar-refractivity contribution in [3.05, 3.63) is 24.3 Å². The lowest BCUT2D eigenvalue weighted by atomic mass is 10.2. The highest BCUT2D eigenvalue weighted by Gasteiger charge is 1.82. The van der Waals surface area contributed by atoms with Gasteiger partial charge in [0.15, 0.2) is 0 Å². The van der Waals surface area contributed by atoms with Crippen LogP contribution in [0.4, 0.5) is 0 Å². The topological polar surface area (TPSA) is 35.9 Å². The molecule has 0 radical (unpaired) electrons. The minimum Gasteiger partial charge on any atom is -0.320 e. The maximum atomic E-state index is 7.05. The first-order valence-electron chi connectivity index (χ1n) is 4.49. The molecular formula is C10H17BrN2. The van der Waals surface area contributed by atoms with E-state index in [0.717, 1.165) is 13.0 Å². The number of hydrogen-bond donors (Lipinski definition) is 2. The van der Waals surface area contributed by atoms with Gasteiger partial charge in [-0.15, -0.1) is 0 Å². The van der Waals surface area contributed by atoms with Crippen LogP contribution in [0.1, 0.15) is 19.3 Å². The summed E-state index contributed by atoms with van der Waals surface area (Å²) in [5, 5.41) is 10.2. The van der Waals surface area contributed by atoms with Crippen LogP contribution in [-0.2, 0) is 0 Å². The maximum Gasteiger partial charge on any atom is 0.0966 e. The van der Waals surface area contributed by atoms with E-state index in [1.54, 1.807) is 6.08 Å². The molecule has 13 heavy (non-hydrogen) atoms. The van der Waals surface area contributed by atoms with Gasteiger partial charge in [-0.3, -0.25) is 5.41 Å². The molecule has 0 bridgehead atoms. The third-order valence-corrected chi connectivity index (χ3v) is 1.80. The maximum absolute atomic E-state index is 7.05. The van der Waals surface area contributed by atoms with Crippen LogP contribution in [-0.4, -0.2) is 18.2 Å². The monoisotopic (exact) mass is 244 g/mol. The minimum absolute atomic E-state index is 0.410. The number of rotatable bonds is 7. The van der Waals surface area contributed by atoms with Gasteiger partial charge in [-0.25, -0.2) is 0 Å². The molecule has 3 heteroatoms. The van der Waals surface area contributed by atoms with E-state index >= 15 is 0 Å². The summed E-state index contributed by atoms with van der Waals surface area (Å²) < 4.78 is 0.410. The number of halogens is 1. The highest BCUT2D eigenvalue weighted by atomic mass is 79.9. The predicted molar refractivity (Wildman–Crippen MR) is 62.7 cm³/mol. The van der Waals surface area contributed by atoms with Crippen molar-refractivity contribution in [2.24, 2.45) is 0 Å². The molecule has 0 aliphatic carbocycles.